The van der Waals surface area contributed by atoms with Gasteiger partial charge in [0.05, 0.1) is 28.2 Å². The van der Waals surface area contributed by atoms with Crippen LogP contribution in [0, 0.1) is 12.7 Å². The maximum Gasteiger partial charge on any atom is 0.306 e. The summed E-state index contributed by atoms with van der Waals surface area (Å²) in [4.78, 5) is 31.8. The maximum atomic E-state index is 13.8. The second kappa shape index (κ2) is 9.69. The average molecular weight is 452 g/mol. The summed E-state index contributed by atoms with van der Waals surface area (Å²) in [5, 5.41) is 3.02. The molecule has 3 aromatic rings. The third kappa shape index (κ3) is 5.34. The van der Waals surface area contributed by atoms with E-state index >= 15 is 0 Å². The minimum atomic E-state index is -0.623. The quantitative estimate of drug-likeness (QED) is 0.527. The first-order valence-corrected chi connectivity index (χ1v) is 9.56. The number of nitrogens with one attached hydrogen (secondary N) is 1. The molecule has 10 heteroatoms. The van der Waals surface area contributed by atoms with Gasteiger partial charge in [-0.2, -0.15) is 0 Å². The van der Waals surface area contributed by atoms with Gasteiger partial charge in [0, 0.05) is 12.6 Å². The molecule has 30 heavy (non-hydrogen) atoms. The Hall–Kier alpha value is -2.97. The molecule has 1 N–H and O–H groups in total. The number of esters is 1. The number of halogens is 3. The molecule has 0 atom stereocenters. The monoisotopic (exact) mass is 451 g/mol. The number of ether oxygens (including phenoxy) is 1. The van der Waals surface area contributed by atoms with Crippen molar-refractivity contribution in [2.75, 3.05) is 11.9 Å². The number of rotatable bonds is 7. The van der Waals surface area contributed by atoms with Gasteiger partial charge in [0.15, 0.2) is 24.1 Å². The molecule has 2 aromatic heterocycles. The largest absolute Gasteiger partial charge is 0.456 e. The number of hydrogen-bond acceptors (Lipinski definition) is 6. The number of anilines is 1. The molecule has 7 nitrogen and oxygen atoms in total. The summed E-state index contributed by atoms with van der Waals surface area (Å²) in [5.41, 5.74) is 0.849. The lowest BCUT2D eigenvalue weighted by Crippen LogP contribution is -2.22. The smallest absolute Gasteiger partial charge is 0.306 e. The van der Waals surface area contributed by atoms with Crippen molar-refractivity contribution in [1.82, 2.24) is 9.97 Å². The molecule has 1 aromatic carbocycles. The van der Waals surface area contributed by atoms with E-state index in [1.54, 1.807) is 25.1 Å². The fourth-order valence-corrected chi connectivity index (χ4v) is 2.84. The van der Waals surface area contributed by atoms with Gasteiger partial charge in [-0.1, -0.05) is 35.3 Å². The lowest BCUT2D eigenvalue weighted by Gasteiger charge is -2.09. The molecular formula is C20H16Cl2FN3O4. The highest BCUT2D eigenvalue weighted by Gasteiger charge is 2.15. The van der Waals surface area contributed by atoms with Crippen LogP contribution in [0.1, 0.15) is 17.9 Å². The lowest BCUT2D eigenvalue weighted by atomic mass is 10.2. The van der Waals surface area contributed by atoms with E-state index in [-0.39, 0.29) is 40.9 Å². The minimum absolute atomic E-state index is 0.0659. The summed E-state index contributed by atoms with van der Waals surface area (Å²) in [5.74, 6) is -1.02. The molecule has 0 saturated carbocycles. The number of hydrogen-bond donors (Lipinski definition) is 1. The zero-order valence-electron chi connectivity index (χ0n) is 15.7. The van der Waals surface area contributed by atoms with Crippen molar-refractivity contribution < 1.29 is 23.1 Å². The van der Waals surface area contributed by atoms with Gasteiger partial charge in [-0.15, -0.1) is 0 Å². The third-order valence-electron chi connectivity index (χ3n) is 4.06. The van der Waals surface area contributed by atoms with Gasteiger partial charge in [0.2, 0.25) is 0 Å². The van der Waals surface area contributed by atoms with E-state index in [9.17, 15) is 14.0 Å². The van der Waals surface area contributed by atoms with Crippen molar-refractivity contribution in [3.05, 3.63) is 64.0 Å². The topological polar surface area (TPSA) is 94.3 Å². The highest BCUT2D eigenvalue weighted by Crippen LogP contribution is 2.28. The first-order valence-electron chi connectivity index (χ1n) is 8.81. The number of benzene rings is 1. The fraction of sp³-hybridized carbons (Fsp3) is 0.200. The van der Waals surface area contributed by atoms with Crippen LogP contribution in [0.15, 0.2) is 41.1 Å². The number of amides is 1. The summed E-state index contributed by atoms with van der Waals surface area (Å²) in [6, 6.07) is 6.13. The SMILES string of the molecule is Cc1c(Cl)cnc(NC(=O)COC(=O)CCc2ncc(-c3ccccc3F)o2)c1Cl. The third-order valence-corrected chi connectivity index (χ3v) is 4.90. The molecule has 1 amide bonds. The molecule has 3 rings (SSSR count). The number of aryl methyl sites for hydroxylation is 1. The van der Waals surface area contributed by atoms with E-state index in [2.05, 4.69) is 15.3 Å². The van der Waals surface area contributed by atoms with Crippen molar-refractivity contribution in [1.29, 1.82) is 0 Å². The summed E-state index contributed by atoms with van der Waals surface area (Å²) in [6.07, 6.45) is 2.82. The van der Waals surface area contributed by atoms with Gasteiger partial charge in [-0.05, 0) is 24.6 Å². The van der Waals surface area contributed by atoms with Crippen molar-refractivity contribution in [2.45, 2.75) is 19.8 Å². The summed E-state index contributed by atoms with van der Waals surface area (Å²) >= 11 is 12.0. The number of carbonyl (C=O) groups excluding carboxylic acids is 2. The van der Waals surface area contributed by atoms with Crippen LogP contribution in [-0.4, -0.2) is 28.5 Å². The van der Waals surface area contributed by atoms with Gasteiger partial charge in [-0.25, -0.2) is 14.4 Å². The maximum absolute atomic E-state index is 13.8. The van der Waals surface area contributed by atoms with Gasteiger partial charge in [-0.3, -0.25) is 9.59 Å². The number of oxazole rings is 1. The minimum Gasteiger partial charge on any atom is -0.456 e. The van der Waals surface area contributed by atoms with E-state index < -0.39 is 24.3 Å². The van der Waals surface area contributed by atoms with Crippen LogP contribution in [0.3, 0.4) is 0 Å². The van der Waals surface area contributed by atoms with Crippen LogP contribution in [0.4, 0.5) is 10.2 Å². The molecule has 0 aliphatic heterocycles. The summed E-state index contributed by atoms with van der Waals surface area (Å²) in [6.45, 7) is 1.17. The number of pyridine rings is 1. The lowest BCUT2D eigenvalue weighted by molar-refractivity contribution is -0.147. The first kappa shape index (κ1) is 21.7. The van der Waals surface area contributed by atoms with Crippen LogP contribution >= 0.6 is 23.2 Å². The Morgan fingerprint density at radius 3 is 2.73 bits per heavy atom. The predicted octanol–water partition coefficient (Wildman–Crippen LogP) is 4.61. The van der Waals surface area contributed by atoms with Crippen LogP contribution in [0.25, 0.3) is 11.3 Å². The van der Waals surface area contributed by atoms with Crippen LogP contribution in [-0.2, 0) is 20.7 Å². The van der Waals surface area contributed by atoms with E-state index in [0.717, 1.165) is 0 Å². The molecule has 156 valence electrons. The van der Waals surface area contributed by atoms with Crippen molar-refractivity contribution in [2.24, 2.45) is 0 Å². The standard InChI is InChI=1S/C20H16Cl2FN3O4/c1-11-13(21)8-25-20(19(11)22)26-16(27)10-29-18(28)7-6-17-24-9-15(30-17)12-4-2-3-5-14(12)23/h2-5,8-9H,6-7,10H2,1H3,(H,25,26,27). The Kier molecular flexibility index (Phi) is 7.02. The van der Waals surface area contributed by atoms with E-state index in [4.69, 9.17) is 32.4 Å². The van der Waals surface area contributed by atoms with Crippen molar-refractivity contribution in [3.8, 4) is 11.3 Å². The van der Waals surface area contributed by atoms with Crippen LogP contribution in [0.5, 0.6) is 0 Å². The first-order chi connectivity index (χ1) is 14.3. The normalized spacial score (nSPS) is 10.7. The Bertz CT molecular complexity index is 1090. The molecule has 0 aliphatic carbocycles. The van der Waals surface area contributed by atoms with Crippen LogP contribution in [0.2, 0.25) is 10.0 Å². The molecule has 0 spiro atoms. The van der Waals surface area contributed by atoms with Gasteiger partial charge >= 0.3 is 5.97 Å². The Labute approximate surface area is 181 Å². The van der Waals surface area contributed by atoms with E-state index in [1.807, 2.05) is 0 Å². The summed E-state index contributed by atoms with van der Waals surface area (Å²) < 4.78 is 24.2. The number of aromatic nitrogens is 2. The van der Waals surface area contributed by atoms with Gasteiger partial charge < -0.3 is 14.5 Å². The molecule has 2 heterocycles. The predicted molar refractivity (Wildman–Crippen MR) is 109 cm³/mol. The Morgan fingerprint density at radius 1 is 1.20 bits per heavy atom. The molecule has 0 saturated heterocycles. The van der Waals surface area contributed by atoms with Crippen molar-refractivity contribution >= 4 is 40.9 Å². The molecule has 0 aliphatic rings. The number of carbonyl (C=O) groups is 2. The molecule has 0 fully saturated rings. The molecule has 0 bridgehead atoms. The Morgan fingerprint density at radius 2 is 1.97 bits per heavy atom. The average Bonchev–Trinajstić information content (AvgIpc) is 3.20. The Balaban J connectivity index is 1.47. The fourth-order valence-electron chi connectivity index (χ4n) is 2.45. The number of nitrogens with zero attached hydrogens (tertiary/aromatic N) is 2. The van der Waals surface area contributed by atoms with Gasteiger partial charge in [0.1, 0.15) is 5.82 Å². The van der Waals surface area contributed by atoms with Crippen molar-refractivity contribution in [3.63, 3.8) is 0 Å². The highest BCUT2D eigenvalue weighted by molar-refractivity contribution is 6.37. The second-order valence-electron chi connectivity index (χ2n) is 6.20. The van der Waals surface area contributed by atoms with Crippen LogP contribution < -0.4 is 5.32 Å². The zero-order valence-corrected chi connectivity index (χ0v) is 17.3. The molecular weight excluding hydrogens is 436 g/mol. The van der Waals surface area contributed by atoms with E-state index in [0.29, 0.717) is 10.6 Å². The highest BCUT2D eigenvalue weighted by atomic mass is 35.5. The van der Waals surface area contributed by atoms with E-state index in [1.165, 1.54) is 18.5 Å². The molecule has 0 unspecified atom stereocenters. The zero-order chi connectivity index (χ0) is 21.7. The van der Waals surface area contributed by atoms with Gasteiger partial charge in [0.25, 0.3) is 5.91 Å². The second-order valence-corrected chi connectivity index (χ2v) is 6.99. The molecule has 0 radical (unpaired) electrons. The summed E-state index contributed by atoms with van der Waals surface area (Å²) in [7, 11) is 0.